The van der Waals surface area contributed by atoms with Crippen LogP contribution in [0.15, 0.2) is 66.7 Å². The van der Waals surface area contributed by atoms with Crippen molar-refractivity contribution in [3.8, 4) is 11.1 Å². The van der Waals surface area contributed by atoms with E-state index >= 15 is 0 Å². The van der Waals surface area contributed by atoms with Gasteiger partial charge in [0.25, 0.3) is 0 Å². The minimum absolute atomic E-state index is 0. The molecule has 114 valence electrons. The van der Waals surface area contributed by atoms with Gasteiger partial charge in [0.15, 0.2) is 0 Å². The highest BCUT2D eigenvalue weighted by molar-refractivity contribution is 5.87. The van der Waals surface area contributed by atoms with E-state index in [1.807, 2.05) is 6.07 Å². The van der Waals surface area contributed by atoms with Crippen molar-refractivity contribution < 1.29 is 0 Å². The first-order chi connectivity index (χ1) is 8.33. The summed E-state index contributed by atoms with van der Waals surface area (Å²) in [6.45, 7) is 2.13. The van der Waals surface area contributed by atoms with Crippen LogP contribution in [0.4, 0.5) is 0 Å². The summed E-state index contributed by atoms with van der Waals surface area (Å²) in [5, 5.41) is 2.61. The zero-order valence-corrected chi connectivity index (χ0v) is 9.85. The van der Waals surface area contributed by atoms with Gasteiger partial charge < -0.3 is 0 Å². The monoisotopic (exact) mass is 282 g/mol. The van der Waals surface area contributed by atoms with Gasteiger partial charge in [0, 0.05) is 0 Å². The van der Waals surface area contributed by atoms with Crippen LogP contribution in [-0.2, 0) is 0 Å². The third kappa shape index (κ3) is 4.46. The van der Waals surface area contributed by atoms with Crippen LogP contribution in [-0.4, -0.2) is 0 Å². The summed E-state index contributed by atoms with van der Waals surface area (Å²) in [5.41, 5.74) is 3.86. The fourth-order valence-corrected chi connectivity index (χ4v) is 2.18. The molecule has 0 aromatic heterocycles. The first-order valence-electron chi connectivity index (χ1n) is 5.89. The van der Waals surface area contributed by atoms with Crippen molar-refractivity contribution in [2.24, 2.45) is 0 Å². The largest absolute Gasteiger partial charge is 0.0776 e. The van der Waals surface area contributed by atoms with Crippen LogP contribution < -0.4 is 0 Å². The molecule has 0 saturated heterocycles. The average Bonchev–Trinajstić information content (AvgIpc) is 2.39. The standard InChI is InChI=1S/C17H14.4CH4/c1-13-7-8-17-12-16(10-9-15(17)11-13)14-5-3-2-4-6-14;;;;/h2-12H,1H3;4*1H4. The topological polar surface area (TPSA) is 0 Å². The molecule has 0 aliphatic rings. The summed E-state index contributed by atoms with van der Waals surface area (Å²) < 4.78 is 0. The number of aryl methyl sites for hydroxylation is 1. The van der Waals surface area contributed by atoms with Gasteiger partial charge in [-0.25, -0.2) is 0 Å². The molecule has 0 heterocycles. The van der Waals surface area contributed by atoms with Gasteiger partial charge in [-0.15, -0.1) is 0 Å². The molecule has 3 aromatic rings. The van der Waals surface area contributed by atoms with Crippen LogP contribution >= 0.6 is 0 Å². The number of benzene rings is 3. The van der Waals surface area contributed by atoms with E-state index in [2.05, 4.69) is 67.6 Å². The molecule has 0 amide bonds. The van der Waals surface area contributed by atoms with Gasteiger partial charge in [-0.2, -0.15) is 0 Å². The van der Waals surface area contributed by atoms with Gasteiger partial charge in [0.2, 0.25) is 0 Å². The Morgan fingerprint density at radius 3 is 1.76 bits per heavy atom. The SMILES string of the molecule is C.C.C.C.Cc1ccc2cc(-c3ccccc3)ccc2c1. The normalized spacial score (nSPS) is 8.62. The maximum Gasteiger partial charge on any atom is -0.0178 e. The molecule has 0 spiro atoms. The second kappa shape index (κ2) is 8.97. The summed E-state index contributed by atoms with van der Waals surface area (Å²) in [6.07, 6.45) is 0. The van der Waals surface area contributed by atoms with Gasteiger partial charge >= 0.3 is 0 Å². The summed E-state index contributed by atoms with van der Waals surface area (Å²) in [5.74, 6) is 0. The van der Waals surface area contributed by atoms with Crippen molar-refractivity contribution in [1.82, 2.24) is 0 Å². The second-order valence-corrected chi connectivity index (χ2v) is 4.43. The maximum absolute atomic E-state index is 2.25. The number of hydrogen-bond acceptors (Lipinski definition) is 0. The van der Waals surface area contributed by atoms with Gasteiger partial charge in [0.05, 0.1) is 0 Å². The fourth-order valence-electron chi connectivity index (χ4n) is 2.18. The first-order valence-corrected chi connectivity index (χ1v) is 5.89. The van der Waals surface area contributed by atoms with Crippen molar-refractivity contribution in [3.63, 3.8) is 0 Å². The number of rotatable bonds is 1. The maximum atomic E-state index is 2.25. The minimum atomic E-state index is 0. The molecular formula is C21H30. The molecular weight excluding hydrogens is 252 g/mol. The molecule has 0 N–H and O–H groups in total. The molecule has 3 rings (SSSR count). The number of fused-ring (bicyclic) bond motifs is 1. The van der Waals surface area contributed by atoms with Crippen LogP contribution in [0.25, 0.3) is 21.9 Å². The van der Waals surface area contributed by atoms with Crippen LogP contribution in [0.2, 0.25) is 0 Å². The predicted octanol–water partition coefficient (Wildman–Crippen LogP) is 7.36. The zero-order chi connectivity index (χ0) is 11.7. The lowest BCUT2D eigenvalue weighted by Gasteiger charge is -2.04. The smallest absolute Gasteiger partial charge is 0.0178 e. The van der Waals surface area contributed by atoms with Crippen LogP contribution in [0.1, 0.15) is 35.3 Å². The lowest BCUT2D eigenvalue weighted by Crippen LogP contribution is -1.79. The molecule has 0 heteroatoms. The minimum Gasteiger partial charge on any atom is -0.0776 e. The molecule has 3 aromatic carbocycles. The number of hydrogen-bond donors (Lipinski definition) is 0. The van der Waals surface area contributed by atoms with Crippen molar-refractivity contribution >= 4 is 10.8 Å². The highest BCUT2D eigenvalue weighted by Crippen LogP contribution is 2.24. The molecule has 0 radical (unpaired) electrons. The van der Waals surface area contributed by atoms with E-state index in [1.54, 1.807) is 0 Å². The average molecular weight is 282 g/mol. The van der Waals surface area contributed by atoms with Crippen molar-refractivity contribution in [2.45, 2.75) is 36.6 Å². The van der Waals surface area contributed by atoms with Gasteiger partial charge in [-0.05, 0) is 34.9 Å². The predicted molar refractivity (Wildman–Crippen MR) is 101 cm³/mol. The Morgan fingerprint density at radius 1 is 0.524 bits per heavy atom. The van der Waals surface area contributed by atoms with E-state index in [9.17, 15) is 0 Å². The van der Waals surface area contributed by atoms with E-state index < -0.39 is 0 Å². The van der Waals surface area contributed by atoms with Crippen LogP contribution in [0.3, 0.4) is 0 Å². The van der Waals surface area contributed by atoms with Gasteiger partial charge in [0.1, 0.15) is 0 Å². The Labute approximate surface area is 131 Å². The molecule has 0 aliphatic carbocycles. The van der Waals surface area contributed by atoms with Crippen molar-refractivity contribution in [2.75, 3.05) is 0 Å². The van der Waals surface area contributed by atoms with E-state index in [4.69, 9.17) is 0 Å². The second-order valence-electron chi connectivity index (χ2n) is 4.43. The molecule has 0 aliphatic heterocycles. The quantitative estimate of drug-likeness (QED) is 0.437. The third-order valence-corrected chi connectivity index (χ3v) is 3.10. The van der Waals surface area contributed by atoms with Crippen molar-refractivity contribution in [1.29, 1.82) is 0 Å². The molecule has 0 atom stereocenters. The van der Waals surface area contributed by atoms with Gasteiger partial charge in [-0.3, -0.25) is 0 Å². The molecule has 0 unspecified atom stereocenters. The van der Waals surface area contributed by atoms with E-state index in [0.29, 0.717) is 0 Å². The fraction of sp³-hybridized carbons (Fsp3) is 0.238. The Hall–Kier alpha value is -2.08. The Kier molecular flexibility index (Phi) is 9.06. The third-order valence-electron chi connectivity index (χ3n) is 3.10. The van der Waals surface area contributed by atoms with Crippen LogP contribution in [0, 0.1) is 6.92 Å². The van der Waals surface area contributed by atoms with E-state index in [-0.39, 0.29) is 29.7 Å². The van der Waals surface area contributed by atoms with Crippen LogP contribution in [0.5, 0.6) is 0 Å². The highest BCUT2D eigenvalue weighted by Gasteiger charge is 1.99. The lowest BCUT2D eigenvalue weighted by molar-refractivity contribution is 1.50. The van der Waals surface area contributed by atoms with Gasteiger partial charge in [-0.1, -0.05) is 95.9 Å². The highest BCUT2D eigenvalue weighted by atomic mass is 14.0. The Bertz CT molecular complexity index is 651. The molecule has 0 nitrogen and oxygen atoms in total. The molecule has 0 saturated carbocycles. The zero-order valence-electron chi connectivity index (χ0n) is 9.85. The van der Waals surface area contributed by atoms with E-state index in [1.165, 1.54) is 27.5 Å². The molecule has 0 fully saturated rings. The molecule has 21 heavy (non-hydrogen) atoms. The Morgan fingerprint density at radius 2 is 1.10 bits per heavy atom. The Balaban J connectivity index is 0. The lowest BCUT2D eigenvalue weighted by atomic mass is 10.0. The first kappa shape index (κ1) is 21.2. The summed E-state index contributed by atoms with van der Waals surface area (Å²) >= 11 is 0. The van der Waals surface area contributed by atoms with Crippen molar-refractivity contribution in [3.05, 3.63) is 72.3 Å². The molecule has 0 bridgehead atoms. The summed E-state index contributed by atoms with van der Waals surface area (Å²) in [7, 11) is 0. The summed E-state index contributed by atoms with van der Waals surface area (Å²) in [4.78, 5) is 0. The summed E-state index contributed by atoms with van der Waals surface area (Å²) in [6, 6.07) is 23.7. The van der Waals surface area contributed by atoms with E-state index in [0.717, 1.165) is 0 Å².